The van der Waals surface area contributed by atoms with Gasteiger partial charge in [-0.3, -0.25) is 19.3 Å². The highest BCUT2D eigenvalue weighted by molar-refractivity contribution is 6.06. The van der Waals surface area contributed by atoms with Crippen LogP contribution >= 0.6 is 0 Å². The average molecular weight is 526 g/mol. The summed E-state index contributed by atoms with van der Waals surface area (Å²) in [6.45, 7) is 2.02. The van der Waals surface area contributed by atoms with Crippen molar-refractivity contribution >= 4 is 35.3 Å². The zero-order valence-electron chi connectivity index (χ0n) is 21.7. The molecule has 3 N–H and O–H groups in total. The third-order valence-corrected chi connectivity index (χ3v) is 7.69. The van der Waals surface area contributed by atoms with Gasteiger partial charge in [-0.15, -0.1) is 0 Å². The van der Waals surface area contributed by atoms with E-state index in [2.05, 4.69) is 5.32 Å². The van der Waals surface area contributed by atoms with Gasteiger partial charge in [0.2, 0.25) is 12.3 Å². The lowest BCUT2D eigenvalue weighted by Gasteiger charge is -2.36. The van der Waals surface area contributed by atoms with E-state index in [4.69, 9.17) is 0 Å². The summed E-state index contributed by atoms with van der Waals surface area (Å²) in [5, 5.41) is 24.3. The molecule has 3 atom stereocenters. The number of benzene rings is 3. The summed E-state index contributed by atoms with van der Waals surface area (Å²) < 4.78 is 0. The van der Waals surface area contributed by atoms with Gasteiger partial charge < -0.3 is 20.4 Å². The highest BCUT2D eigenvalue weighted by atomic mass is 16.3. The molecule has 0 spiro atoms. The first kappa shape index (κ1) is 26.3. The molecule has 3 amide bonds. The van der Waals surface area contributed by atoms with Crippen molar-refractivity contribution in [3.63, 3.8) is 0 Å². The maximum Gasteiger partial charge on any atom is 0.261 e. The molecule has 0 unspecified atom stereocenters. The Labute approximate surface area is 227 Å². The molecule has 3 aromatic carbocycles. The fourth-order valence-electron chi connectivity index (χ4n) is 5.43. The van der Waals surface area contributed by atoms with Crippen LogP contribution in [-0.4, -0.2) is 46.0 Å². The largest absolute Gasteiger partial charge is 0.394 e. The number of aliphatic hydroxyl groups is 2. The molecule has 0 fully saturated rings. The van der Waals surface area contributed by atoms with E-state index in [9.17, 15) is 24.6 Å². The van der Waals surface area contributed by atoms with Crippen molar-refractivity contribution in [2.75, 3.05) is 16.8 Å². The summed E-state index contributed by atoms with van der Waals surface area (Å²) >= 11 is 0. The average Bonchev–Trinajstić information content (AvgIpc) is 3.23. The lowest BCUT2D eigenvalue weighted by molar-refractivity contribution is -0.137. The van der Waals surface area contributed by atoms with Gasteiger partial charge in [-0.1, -0.05) is 61.5 Å². The third-order valence-electron chi connectivity index (χ3n) is 7.69. The molecule has 0 bridgehead atoms. The Morgan fingerprint density at radius 2 is 1.82 bits per heavy atom. The smallest absolute Gasteiger partial charge is 0.261 e. The monoisotopic (exact) mass is 525 g/mol. The molecule has 5 rings (SSSR count). The molecular formula is C31H31N3O5. The Hall–Kier alpha value is -4.27. The van der Waals surface area contributed by atoms with E-state index in [1.54, 1.807) is 54.3 Å². The number of hydrogen-bond donors (Lipinski definition) is 3. The number of carbonyl (C=O) groups is 3. The molecule has 0 saturated heterocycles. The fraction of sp³-hybridized carbons (Fsp3) is 0.258. The predicted molar refractivity (Wildman–Crippen MR) is 148 cm³/mol. The molecule has 2 aliphatic heterocycles. The van der Waals surface area contributed by atoms with Gasteiger partial charge in [0, 0.05) is 41.5 Å². The summed E-state index contributed by atoms with van der Waals surface area (Å²) in [6, 6.07) is 21.7. The Morgan fingerprint density at radius 3 is 2.54 bits per heavy atom. The Morgan fingerprint density at radius 1 is 1.10 bits per heavy atom. The third kappa shape index (κ3) is 4.84. The summed E-state index contributed by atoms with van der Waals surface area (Å²) in [4.78, 5) is 41.1. The quantitative estimate of drug-likeness (QED) is 0.307. The maximum absolute atomic E-state index is 13.1. The van der Waals surface area contributed by atoms with Gasteiger partial charge in [0.05, 0.1) is 12.6 Å². The Balaban J connectivity index is 1.34. The van der Waals surface area contributed by atoms with Gasteiger partial charge in [0.25, 0.3) is 5.91 Å². The summed E-state index contributed by atoms with van der Waals surface area (Å²) in [5.74, 6) is -1.37. The van der Waals surface area contributed by atoms with E-state index >= 15 is 0 Å². The van der Waals surface area contributed by atoms with Crippen LogP contribution in [0.15, 0.2) is 84.9 Å². The van der Waals surface area contributed by atoms with E-state index in [1.807, 2.05) is 42.5 Å². The van der Waals surface area contributed by atoms with Crippen LogP contribution in [-0.2, 0) is 33.0 Å². The Bertz CT molecular complexity index is 1420. The summed E-state index contributed by atoms with van der Waals surface area (Å²) in [5.41, 5.74) is 2.32. The van der Waals surface area contributed by atoms with Gasteiger partial charge in [-0.2, -0.15) is 0 Å². The molecule has 3 aromatic rings. The normalized spacial score (nSPS) is 20.7. The van der Waals surface area contributed by atoms with E-state index in [-0.39, 0.29) is 25.0 Å². The van der Waals surface area contributed by atoms with Crippen molar-refractivity contribution < 1.29 is 24.6 Å². The van der Waals surface area contributed by atoms with Crippen LogP contribution in [0.4, 0.5) is 17.1 Å². The first-order valence-electron chi connectivity index (χ1n) is 13.0. The molecule has 8 nitrogen and oxygen atoms in total. The first-order chi connectivity index (χ1) is 18.9. The second-order valence-electron chi connectivity index (χ2n) is 10.0. The molecule has 200 valence electrons. The highest BCUT2D eigenvalue weighted by Gasteiger charge is 2.48. The van der Waals surface area contributed by atoms with E-state index in [0.29, 0.717) is 42.0 Å². The predicted octanol–water partition coefficient (Wildman–Crippen LogP) is 3.65. The van der Waals surface area contributed by atoms with E-state index < -0.39 is 17.4 Å². The standard InChI is InChI=1S/C31H31N3O5/c1-21(8-7-13-29(37)33-18-23-10-6-5-9-22(23)16-26(33)19-35)31(39)27-17-25(14-15-28(27)32-30(31)38)34(20-36)24-11-3-2-4-12-24/h2-12,14-15,17,20-21,26,35,39H,13,16,18-19H2,1H3,(H,32,38)/b8-7+/t21-,26+,31+/m1/s1. The second-order valence-corrected chi connectivity index (χ2v) is 10.0. The van der Waals surface area contributed by atoms with Gasteiger partial charge in [-0.05, 0) is 47.9 Å². The molecule has 0 aromatic heterocycles. The summed E-state index contributed by atoms with van der Waals surface area (Å²) in [7, 11) is 0. The number of para-hydroxylation sites is 1. The molecular weight excluding hydrogens is 494 g/mol. The van der Waals surface area contributed by atoms with Crippen LogP contribution in [0.3, 0.4) is 0 Å². The van der Waals surface area contributed by atoms with Gasteiger partial charge in [-0.25, -0.2) is 0 Å². The molecule has 0 saturated carbocycles. The minimum absolute atomic E-state index is 0.0700. The zero-order chi connectivity index (χ0) is 27.6. The SMILES string of the molecule is C[C@H](/C=C/CC(=O)N1Cc2ccccc2C[C@H]1CO)[C@@]1(O)C(=O)Nc2ccc(N(C=O)c3ccccc3)cc21. The van der Waals surface area contributed by atoms with E-state index in [1.165, 1.54) is 4.90 Å². The van der Waals surface area contributed by atoms with Crippen LogP contribution < -0.4 is 10.2 Å². The lowest BCUT2D eigenvalue weighted by Crippen LogP contribution is -2.46. The lowest BCUT2D eigenvalue weighted by atomic mass is 9.82. The van der Waals surface area contributed by atoms with Gasteiger partial charge in [0.15, 0.2) is 5.60 Å². The molecule has 39 heavy (non-hydrogen) atoms. The maximum atomic E-state index is 13.1. The number of nitrogens with zero attached hydrogens (tertiary/aromatic N) is 2. The number of aliphatic hydroxyl groups excluding tert-OH is 1. The van der Waals surface area contributed by atoms with Crippen LogP contribution in [0.1, 0.15) is 30.0 Å². The van der Waals surface area contributed by atoms with Crippen molar-refractivity contribution in [2.24, 2.45) is 5.92 Å². The van der Waals surface area contributed by atoms with E-state index in [0.717, 1.165) is 11.1 Å². The van der Waals surface area contributed by atoms with Crippen LogP contribution in [0, 0.1) is 5.92 Å². The van der Waals surface area contributed by atoms with Crippen molar-refractivity contribution in [3.05, 3.63) is 102 Å². The highest BCUT2D eigenvalue weighted by Crippen LogP contribution is 2.44. The number of rotatable bonds is 8. The van der Waals surface area contributed by atoms with Crippen molar-refractivity contribution in [1.82, 2.24) is 4.90 Å². The number of anilines is 3. The van der Waals surface area contributed by atoms with Crippen molar-refractivity contribution in [3.8, 4) is 0 Å². The number of carbonyl (C=O) groups excluding carboxylic acids is 3. The van der Waals surface area contributed by atoms with Gasteiger partial charge in [0.1, 0.15) is 0 Å². The molecule has 8 heteroatoms. The second kappa shape index (κ2) is 10.8. The topological polar surface area (TPSA) is 110 Å². The Kier molecular flexibility index (Phi) is 7.32. The number of hydrogen-bond acceptors (Lipinski definition) is 5. The van der Waals surface area contributed by atoms with Gasteiger partial charge >= 0.3 is 0 Å². The minimum Gasteiger partial charge on any atom is -0.394 e. The van der Waals surface area contributed by atoms with Crippen LogP contribution in [0.2, 0.25) is 0 Å². The summed E-state index contributed by atoms with van der Waals surface area (Å²) in [6.07, 6.45) is 4.68. The van der Waals surface area contributed by atoms with Crippen LogP contribution in [0.25, 0.3) is 0 Å². The number of nitrogens with one attached hydrogen (secondary N) is 1. The number of amides is 3. The van der Waals surface area contributed by atoms with Crippen molar-refractivity contribution in [2.45, 2.75) is 38.0 Å². The molecule has 2 heterocycles. The molecule has 0 radical (unpaired) electrons. The zero-order valence-corrected chi connectivity index (χ0v) is 21.7. The van der Waals surface area contributed by atoms with Crippen molar-refractivity contribution in [1.29, 1.82) is 0 Å². The molecule has 0 aliphatic carbocycles. The molecule has 2 aliphatic rings. The fourth-order valence-corrected chi connectivity index (χ4v) is 5.43. The van der Waals surface area contributed by atoms with Crippen LogP contribution in [0.5, 0.6) is 0 Å². The number of fused-ring (bicyclic) bond motifs is 2. The minimum atomic E-state index is -1.88. The first-order valence-corrected chi connectivity index (χ1v) is 13.0.